The molecule has 4 heteroatoms. The molecule has 0 spiro atoms. The van der Waals surface area contributed by atoms with E-state index >= 15 is 0 Å². The van der Waals surface area contributed by atoms with E-state index in [-0.39, 0.29) is 31.2 Å². The average Bonchev–Trinajstić information content (AvgIpc) is 2.64. The predicted molar refractivity (Wildman–Crippen MR) is 93.2 cm³/mol. The molecule has 2 atom stereocenters. The van der Waals surface area contributed by atoms with Crippen molar-refractivity contribution in [2.45, 2.75) is 19.8 Å². The van der Waals surface area contributed by atoms with Crippen molar-refractivity contribution in [3.63, 3.8) is 0 Å². The van der Waals surface area contributed by atoms with Crippen molar-refractivity contribution >= 4 is 5.78 Å². The Morgan fingerprint density at radius 2 is 1.62 bits per heavy atom. The average molecular weight is 328 g/mol. The Bertz CT molecular complexity index is 622. The maximum absolute atomic E-state index is 12.7. The van der Waals surface area contributed by atoms with Gasteiger partial charge in [0.15, 0.2) is 12.6 Å². The normalized spacial score (nSPS) is 13.3. The first-order valence-corrected chi connectivity index (χ1v) is 8.02. The number of carbonyl (C=O) groups is 1. The van der Waals surface area contributed by atoms with Crippen LogP contribution in [0.1, 0.15) is 35.7 Å². The van der Waals surface area contributed by atoms with E-state index in [1.807, 2.05) is 25.1 Å². The summed E-state index contributed by atoms with van der Waals surface area (Å²) >= 11 is 0. The Morgan fingerprint density at radius 1 is 0.958 bits per heavy atom. The first kappa shape index (κ1) is 18.2. The highest BCUT2D eigenvalue weighted by Crippen LogP contribution is 2.27. The molecule has 128 valence electrons. The van der Waals surface area contributed by atoms with Gasteiger partial charge in [0.25, 0.3) is 0 Å². The lowest BCUT2D eigenvalue weighted by Crippen LogP contribution is -2.17. The molecule has 2 aromatic rings. The minimum Gasteiger partial charge on any atom is -0.467 e. The Hall–Kier alpha value is -2.17. The molecule has 0 N–H and O–H groups in total. The molecule has 0 heterocycles. The molecule has 0 saturated heterocycles. The van der Waals surface area contributed by atoms with E-state index in [9.17, 15) is 4.79 Å². The van der Waals surface area contributed by atoms with E-state index in [0.29, 0.717) is 11.3 Å². The summed E-state index contributed by atoms with van der Waals surface area (Å²) in [6.45, 7) is 4.36. The fourth-order valence-corrected chi connectivity index (χ4v) is 2.48. The van der Waals surface area contributed by atoms with E-state index in [4.69, 9.17) is 14.2 Å². The summed E-state index contributed by atoms with van der Waals surface area (Å²) in [6.07, 6.45) is 0. The number of hydrogen-bond donors (Lipinski definition) is 0. The van der Waals surface area contributed by atoms with Crippen molar-refractivity contribution in [2.75, 3.05) is 20.7 Å². The number of carbonyl (C=O) groups excluding carboxylic acids is 1. The van der Waals surface area contributed by atoms with E-state index in [1.54, 1.807) is 31.4 Å². The van der Waals surface area contributed by atoms with Gasteiger partial charge in [-0.15, -0.1) is 0 Å². The third kappa shape index (κ3) is 4.91. The smallest absolute Gasteiger partial charge is 0.191 e. The topological polar surface area (TPSA) is 44.8 Å². The standard InChI is InChI=1S/C20H24O4/c1-15(17-7-5-4-6-8-17)16(2)20(21)18-9-11-19(12-10-18)24-14-23-13-22-3/h4-12,15-16H,13-14H2,1-3H3. The molecule has 0 aliphatic heterocycles. The van der Waals surface area contributed by atoms with Crippen molar-refractivity contribution in [1.29, 1.82) is 0 Å². The first-order chi connectivity index (χ1) is 11.6. The minimum atomic E-state index is -0.0933. The van der Waals surface area contributed by atoms with Gasteiger partial charge in [0, 0.05) is 18.6 Å². The Morgan fingerprint density at radius 3 is 2.25 bits per heavy atom. The molecule has 0 radical (unpaired) electrons. The van der Waals surface area contributed by atoms with Crippen LogP contribution in [0, 0.1) is 5.92 Å². The Labute approximate surface area is 143 Å². The van der Waals surface area contributed by atoms with Gasteiger partial charge in [-0.1, -0.05) is 44.2 Å². The van der Waals surface area contributed by atoms with Crippen LogP contribution in [0.2, 0.25) is 0 Å². The number of methoxy groups -OCH3 is 1. The highest BCUT2D eigenvalue weighted by Gasteiger charge is 2.22. The molecule has 0 aromatic heterocycles. The van der Waals surface area contributed by atoms with Crippen LogP contribution < -0.4 is 4.74 Å². The fourth-order valence-electron chi connectivity index (χ4n) is 2.48. The van der Waals surface area contributed by atoms with Crippen LogP contribution in [-0.2, 0) is 9.47 Å². The summed E-state index contributed by atoms with van der Waals surface area (Å²) in [5, 5.41) is 0. The van der Waals surface area contributed by atoms with Crippen molar-refractivity contribution in [3.8, 4) is 5.75 Å². The summed E-state index contributed by atoms with van der Waals surface area (Å²) < 4.78 is 15.2. The second-order valence-corrected chi connectivity index (χ2v) is 5.75. The van der Waals surface area contributed by atoms with Gasteiger partial charge in [-0.3, -0.25) is 4.79 Å². The summed E-state index contributed by atoms with van der Waals surface area (Å²) in [5.74, 6) is 0.862. The zero-order valence-electron chi connectivity index (χ0n) is 14.4. The van der Waals surface area contributed by atoms with Crippen LogP contribution in [0.5, 0.6) is 5.75 Å². The Kier molecular flexibility index (Phi) is 6.97. The molecule has 0 saturated carbocycles. The number of ketones is 1. The third-order valence-electron chi connectivity index (χ3n) is 4.14. The van der Waals surface area contributed by atoms with Gasteiger partial charge in [-0.2, -0.15) is 0 Å². The molecule has 0 amide bonds. The molecule has 0 aliphatic carbocycles. The number of ether oxygens (including phenoxy) is 3. The second kappa shape index (κ2) is 9.21. The SMILES string of the molecule is COCOCOc1ccc(C(=O)C(C)C(C)c2ccccc2)cc1. The van der Waals surface area contributed by atoms with Crippen LogP contribution in [0.4, 0.5) is 0 Å². The zero-order valence-corrected chi connectivity index (χ0v) is 14.4. The predicted octanol–water partition coefficient (Wildman–Crippen LogP) is 4.27. The molecule has 0 aliphatic rings. The fraction of sp³-hybridized carbons (Fsp3) is 0.350. The molecule has 0 fully saturated rings. The number of benzene rings is 2. The summed E-state index contributed by atoms with van der Waals surface area (Å²) in [7, 11) is 1.55. The summed E-state index contributed by atoms with van der Waals surface area (Å²) in [4.78, 5) is 12.7. The van der Waals surface area contributed by atoms with Crippen molar-refractivity contribution < 1.29 is 19.0 Å². The number of hydrogen-bond acceptors (Lipinski definition) is 4. The molecular weight excluding hydrogens is 304 g/mol. The van der Waals surface area contributed by atoms with E-state index in [2.05, 4.69) is 19.1 Å². The van der Waals surface area contributed by atoms with Crippen molar-refractivity contribution in [1.82, 2.24) is 0 Å². The van der Waals surface area contributed by atoms with Gasteiger partial charge in [0.1, 0.15) is 12.5 Å². The molecule has 0 bridgehead atoms. The van der Waals surface area contributed by atoms with Gasteiger partial charge in [0.2, 0.25) is 0 Å². The summed E-state index contributed by atoms with van der Waals surface area (Å²) in [5.41, 5.74) is 1.86. The van der Waals surface area contributed by atoms with Gasteiger partial charge < -0.3 is 14.2 Å². The molecular formula is C20H24O4. The summed E-state index contributed by atoms with van der Waals surface area (Å²) in [6, 6.07) is 17.3. The largest absolute Gasteiger partial charge is 0.467 e. The Balaban J connectivity index is 1.96. The maximum atomic E-state index is 12.7. The van der Waals surface area contributed by atoms with E-state index in [0.717, 1.165) is 0 Å². The second-order valence-electron chi connectivity index (χ2n) is 5.75. The first-order valence-electron chi connectivity index (χ1n) is 8.02. The van der Waals surface area contributed by atoms with Crippen LogP contribution in [0.3, 0.4) is 0 Å². The number of Topliss-reactive ketones (excluding diaryl/α,β-unsaturated/α-hetero) is 1. The van der Waals surface area contributed by atoms with Crippen molar-refractivity contribution in [2.24, 2.45) is 5.92 Å². The molecule has 2 aromatic carbocycles. The lowest BCUT2D eigenvalue weighted by atomic mass is 9.84. The number of rotatable bonds is 9. The van der Waals surface area contributed by atoms with Crippen molar-refractivity contribution in [3.05, 3.63) is 65.7 Å². The zero-order chi connectivity index (χ0) is 17.4. The quantitative estimate of drug-likeness (QED) is 0.392. The minimum absolute atomic E-state index is 0.0933. The van der Waals surface area contributed by atoms with Gasteiger partial charge in [0.05, 0.1) is 0 Å². The monoisotopic (exact) mass is 328 g/mol. The molecule has 2 unspecified atom stereocenters. The lowest BCUT2D eigenvalue weighted by molar-refractivity contribution is -0.0835. The van der Waals surface area contributed by atoms with Gasteiger partial charge >= 0.3 is 0 Å². The third-order valence-corrected chi connectivity index (χ3v) is 4.14. The van der Waals surface area contributed by atoms with Crippen LogP contribution in [-0.4, -0.2) is 26.5 Å². The highest BCUT2D eigenvalue weighted by molar-refractivity contribution is 5.98. The van der Waals surface area contributed by atoms with Crippen LogP contribution in [0.15, 0.2) is 54.6 Å². The van der Waals surface area contributed by atoms with Crippen LogP contribution in [0.25, 0.3) is 0 Å². The molecule has 2 rings (SSSR count). The van der Waals surface area contributed by atoms with E-state index in [1.165, 1.54) is 5.56 Å². The van der Waals surface area contributed by atoms with Gasteiger partial charge in [-0.25, -0.2) is 0 Å². The molecule has 4 nitrogen and oxygen atoms in total. The van der Waals surface area contributed by atoms with E-state index < -0.39 is 0 Å². The van der Waals surface area contributed by atoms with Gasteiger partial charge in [-0.05, 0) is 35.7 Å². The maximum Gasteiger partial charge on any atom is 0.191 e. The highest BCUT2D eigenvalue weighted by atomic mass is 16.7. The lowest BCUT2D eigenvalue weighted by Gasteiger charge is -2.19. The van der Waals surface area contributed by atoms with Crippen LogP contribution >= 0.6 is 0 Å². The molecule has 24 heavy (non-hydrogen) atoms.